The lowest BCUT2D eigenvalue weighted by molar-refractivity contribution is 0.0205. The van der Waals surface area contributed by atoms with Crippen LogP contribution in [0.4, 0.5) is 4.79 Å². The molecule has 2 rings (SSSR count). The molecule has 1 aromatic rings. The first-order valence-electron chi connectivity index (χ1n) is 7.98. The van der Waals surface area contributed by atoms with E-state index in [2.05, 4.69) is 12.1 Å². The van der Waals surface area contributed by atoms with Crippen molar-refractivity contribution in [2.24, 2.45) is 0 Å². The number of aliphatic hydroxyl groups excluding tert-OH is 1. The summed E-state index contributed by atoms with van der Waals surface area (Å²) in [4.78, 5) is 13.9. The molecule has 4 heteroatoms. The van der Waals surface area contributed by atoms with Gasteiger partial charge in [-0.05, 0) is 63.1 Å². The van der Waals surface area contributed by atoms with Crippen LogP contribution < -0.4 is 0 Å². The number of amides is 1. The van der Waals surface area contributed by atoms with Crippen LogP contribution in [0.1, 0.15) is 56.2 Å². The zero-order valence-electron chi connectivity index (χ0n) is 14.1. The molecular weight excluding hydrogens is 278 g/mol. The molecule has 1 heterocycles. The zero-order valence-corrected chi connectivity index (χ0v) is 14.1. The number of hydrogen-bond donors (Lipinski definition) is 1. The predicted octanol–water partition coefficient (Wildman–Crippen LogP) is 3.60. The third kappa shape index (κ3) is 4.23. The van der Waals surface area contributed by atoms with Gasteiger partial charge in [-0.2, -0.15) is 0 Å². The van der Waals surface area contributed by atoms with E-state index in [0.29, 0.717) is 5.92 Å². The number of carbonyl (C=O) groups is 1. The maximum absolute atomic E-state index is 12.1. The lowest BCUT2D eigenvalue weighted by atomic mass is 9.88. The highest BCUT2D eigenvalue weighted by Crippen LogP contribution is 2.30. The third-order valence-corrected chi connectivity index (χ3v) is 4.16. The van der Waals surface area contributed by atoms with Crippen molar-refractivity contribution in [1.82, 2.24) is 4.90 Å². The number of rotatable bonds is 2. The van der Waals surface area contributed by atoms with E-state index < -0.39 is 5.60 Å². The number of benzene rings is 1. The number of piperidine rings is 1. The molecule has 0 radical (unpaired) electrons. The zero-order chi connectivity index (χ0) is 16.3. The van der Waals surface area contributed by atoms with Crippen molar-refractivity contribution in [3.05, 3.63) is 34.9 Å². The van der Waals surface area contributed by atoms with Gasteiger partial charge in [0, 0.05) is 13.1 Å². The normalized spacial score (nSPS) is 16.7. The maximum atomic E-state index is 12.1. The van der Waals surface area contributed by atoms with E-state index in [1.807, 2.05) is 33.8 Å². The molecule has 1 fully saturated rings. The summed E-state index contributed by atoms with van der Waals surface area (Å²) in [5, 5.41) is 9.25. The van der Waals surface area contributed by atoms with Crippen molar-refractivity contribution in [3.8, 4) is 0 Å². The minimum Gasteiger partial charge on any atom is -0.444 e. The molecule has 0 aliphatic carbocycles. The Balaban J connectivity index is 1.94. The number of likely N-dealkylation sites (tertiary alicyclic amines) is 1. The molecule has 1 aliphatic heterocycles. The van der Waals surface area contributed by atoms with Gasteiger partial charge in [0.2, 0.25) is 0 Å². The first-order valence-corrected chi connectivity index (χ1v) is 7.98. The fraction of sp³-hybridized carbons (Fsp3) is 0.611. The van der Waals surface area contributed by atoms with Crippen LogP contribution in [0.25, 0.3) is 0 Å². The second kappa shape index (κ2) is 6.69. The molecule has 1 amide bonds. The number of aryl methyl sites for hydroxylation is 1. The van der Waals surface area contributed by atoms with Gasteiger partial charge in [0.05, 0.1) is 6.61 Å². The number of nitrogens with zero attached hydrogens (tertiary/aromatic N) is 1. The minimum absolute atomic E-state index is 0.0865. The Morgan fingerprint density at radius 1 is 1.32 bits per heavy atom. The maximum Gasteiger partial charge on any atom is 0.410 e. The SMILES string of the molecule is Cc1cc(C2CCN(C(=O)OC(C)(C)C)CC2)ccc1CO. The van der Waals surface area contributed by atoms with E-state index in [0.717, 1.165) is 37.1 Å². The number of aliphatic hydroxyl groups is 1. The first kappa shape index (κ1) is 16.8. The van der Waals surface area contributed by atoms with Crippen molar-refractivity contribution in [2.75, 3.05) is 13.1 Å². The highest BCUT2D eigenvalue weighted by atomic mass is 16.6. The lowest BCUT2D eigenvalue weighted by Gasteiger charge is -2.33. The fourth-order valence-electron chi connectivity index (χ4n) is 2.87. The van der Waals surface area contributed by atoms with Gasteiger partial charge in [0.15, 0.2) is 0 Å². The van der Waals surface area contributed by atoms with Gasteiger partial charge < -0.3 is 14.7 Å². The smallest absolute Gasteiger partial charge is 0.410 e. The van der Waals surface area contributed by atoms with Crippen LogP contribution in [-0.4, -0.2) is 34.8 Å². The summed E-state index contributed by atoms with van der Waals surface area (Å²) in [6.07, 6.45) is 1.70. The molecule has 0 saturated carbocycles. The minimum atomic E-state index is -0.439. The average molecular weight is 305 g/mol. The molecule has 122 valence electrons. The van der Waals surface area contributed by atoms with Crippen LogP contribution in [0.2, 0.25) is 0 Å². The number of ether oxygens (including phenoxy) is 1. The summed E-state index contributed by atoms with van der Waals surface area (Å²) in [7, 11) is 0. The average Bonchev–Trinajstić information content (AvgIpc) is 2.45. The van der Waals surface area contributed by atoms with Gasteiger partial charge in [-0.1, -0.05) is 18.2 Å². The second-order valence-electron chi connectivity index (χ2n) is 7.09. The Bertz CT molecular complexity index is 526. The van der Waals surface area contributed by atoms with E-state index in [1.54, 1.807) is 4.90 Å². The van der Waals surface area contributed by atoms with Crippen molar-refractivity contribution in [2.45, 2.75) is 58.7 Å². The van der Waals surface area contributed by atoms with Crippen LogP contribution in [0.5, 0.6) is 0 Å². The topological polar surface area (TPSA) is 49.8 Å². The molecule has 0 atom stereocenters. The highest BCUT2D eigenvalue weighted by molar-refractivity contribution is 5.68. The van der Waals surface area contributed by atoms with E-state index in [-0.39, 0.29) is 12.7 Å². The van der Waals surface area contributed by atoms with Gasteiger partial charge in [0.1, 0.15) is 5.60 Å². The predicted molar refractivity (Wildman–Crippen MR) is 86.9 cm³/mol. The van der Waals surface area contributed by atoms with Crippen LogP contribution in [0.15, 0.2) is 18.2 Å². The lowest BCUT2D eigenvalue weighted by Crippen LogP contribution is -2.41. The molecule has 0 spiro atoms. The van der Waals surface area contributed by atoms with Gasteiger partial charge >= 0.3 is 6.09 Å². The second-order valence-corrected chi connectivity index (χ2v) is 7.09. The summed E-state index contributed by atoms with van der Waals surface area (Å²) >= 11 is 0. The standard InChI is InChI=1S/C18H27NO3/c1-13-11-15(5-6-16(13)12-20)14-7-9-19(10-8-14)17(21)22-18(2,3)4/h5-6,11,14,20H,7-10,12H2,1-4H3. The molecule has 22 heavy (non-hydrogen) atoms. The van der Waals surface area contributed by atoms with Crippen molar-refractivity contribution >= 4 is 6.09 Å². The van der Waals surface area contributed by atoms with Crippen molar-refractivity contribution in [3.63, 3.8) is 0 Å². The van der Waals surface area contributed by atoms with Gasteiger partial charge in [-0.3, -0.25) is 0 Å². The van der Waals surface area contributed by atoms with Gasteiger partial charge in [-0.25, -0.2) is 4.79 Å². The Hall–Kier alpha value is -1.55. The number of carbonyl (C=O) groups excluding carboxylic acids is 1. The summed E-state index contributed by atoms with van der Waals surface area (Å²) in [5.74, 6) is 0.477. The van der Waals surface area contributed by atoms with Crippen molar-refractivity contribution < 1.29 is 14.6 Å². The summed E-state index contributed by atoms with van der Waals surface area (Å²) < 4.78 is 5.43. The van der Waals surface area contributed by atoms with Gasteiger partial charge in [0.25, 0.3) is 0 Å². The third-order valence-electron chi connectivity index (χ3n) is 4.16. The Morgan fingerprint density at radius 3 is 2.45 bits per heavy atom. The molecule has 0 aromatic heterocycles. The largest absolute Gasteiger partial charge is 0.444 e. The fourth-order valence-corrected chi connectivity index (χ4v) is 2.87. The quantitative estimate of drug-likeness (QED) is 0.908. The highest BCUT2D eigenvalue weighted by Gasteiger charge is 2.27. The molecule has 1 saturated heterocycles. The summed E-state index contributed by atoms with van der Waals surface area (Å²) in [5.41, 5.74) is 2.98. The summed E-state index contributed by atoms with van der Waals surface area (Å²) in [6.45, 7) is 9.27. The molecule has 1 aromatic carbocycles. The van der Waals surface area contributed by atoms with E-state index in [1.165, 1.54) is 5.56 Å². The molecule has 1 aliphatic rings. The summed E-state index contributed by atoms with van der Waals surface area (Å²) in [6, 6.07) is 6.27. The van der Waals surface area contributed by atoms with Crippen LogP contribution in [0.3, 0.4) is 0 Å². The molecule has 0 bridgehead atoms. The number of hydrogen-bond acceptors (Lipinski definition) is 3. The Morgan fingerprint density at radius 2 is 1.95 bits per heavy atom. The Labute approximate surface area is 133 Å². The van der Waals surface area contributed by atoms with E-state index in [9.17, 15) is 9.90 Å². The monoisotopic (exact) mass is 305 g/mol. The Kier molecular flexibility index (Phi) is 5.12. The van der Waals surface area contributed by atoms with Crippen LogP contribution in [-0.2, 0) is 11.3 Å². The molecule has 0 unspecified atom stereocenters. The van der Waals surface area contributed by atoms with Crippen molar-refractivity contribution in [1.29, 1.82) is 0 Å². The van der Waals surface area contributed by atoms with Gasteiger partial charge in [-0.15, -0.1) is 0 Å². The van der Waals surface area contributed by atoms with Crippen LogP contribution >= 0.6 is 0 Å². The van der Waals surface area contributed by atoms with E-state index >= 15 is 0 Å². The first-order chi connectivity index (χ1) is 10.3. The van der Waals surface area contributed by atoms with Crippen LogP contribution in [0, 0.1) is 6.92 Å². The molecular formula is C18H27NO3. The molecule has 1 N–H and O–H groups in total. The van der Waals surface area contributed by atoms with E-state index in [4.69, 9.17) is 4.74 Å². The molecule has 4 nitrogen and oxygen atoms in total.